The average Bonchev–Trinajstić information content (AvgIpc) is 3.03. The molecule has 0 aliphatic heterocycles. The molecule has 3 aromatic rings. The van der Waals surface area contributed by atoms with Gasteiger partial charge in [0.15, 0.2) is 0 Å². The SMILES string of the molecule is Cc1nc(-c2cncc(N(C)CCc3ccccn3)n2)sc1C(=O)O. The smallest absolute Gasteiger partial charge is 0.347 e. The molecule has 0 bridgehead atoms. The Morgan fingerprint density at radius 3 is 2.80 bits per heavy atom. The molecule has 8 heteroatoms. The van der Waals surface area contributed by atoms with Gasteiger partial charge in [-0.15, -0.1) is 11.3 Å². The van der Waals surface area contributed by atoms with Gasteiger partial charge in [0.1, 0.15) is 21.4 Å². The van der Waals surface area contributed by atoms with Crippen LogP contribution in [0.25, 0.3) is 10.7 Å². The van der Waals surface area contributed by atoms with Crippen LogP contribution in [0.2, 0.25) is 0 Å². The lowest BCUT2D eigenvalue weighted by atomic mass is 10.2. The zero-order chi connectivity index (χ0) is 17.8. The topological polar surface area (TPSA) is 92.1 Å². The van der Waals surface area contributed by atoms with Crippen molar-refractivity contribution in [3.05, 3.63) is 53.1 Å². The highest BCUT2D eigenvalue weighted by Crippen LogP contribution is 2.27. The van der Waals surface area contributed by atoms with E-state index in [-0.39, 0.29) is 4.88 Å². The van der Waals surface area contributed by atoms with E-state index in [0.717, 1.165) is 30.0 Å². The van der Waals surface area contributed by atoms with E-state index in [4.69, 9.17) is 5.11 Å². The summed E-state index contributed by atoms with van der Waals surface area (Å²) in [7, 11) is 1.94. The quantitative estimate of drug-likeness (QED) is 0.726. The summed E-state index contributed by atoms with van der Waals surface area (Å²) in [5.74, 6) is -0.268. The number of hydrogen-bond acceptors (Lipinski definition) is 7. The normalized spacial score (nSPS) is 10.6. The fourth-order valence-electron chi connectivity index (χ4n) is 2.29. The van der Waals surface area contributed by atoms with E-state index in [1.807, 2.05) is 30.1 Å². The Morgan fingerprint density at radius 1 is 1.28 bits per heavy atom. The summed E-state index contributed by atoms with van der Waals surface area (Å²) in [5, 5.41) is 9.72. The summed E-state index contributed by atoms with van der Waals surface area (Å²) in [4.78, 5) is 30.8. The van der Waals surface area contributed by atoms with Gasteiger partial charge in [-0.2, -0.15) is 0 Å². The van der Waals surface area contributed by atoms with Gasteiger partial charge in [0.2, 0.25) is 0 Å². The molecule has 3 rings (SSSR count). The number of carbonyl (C=O) groups is 1. The largest absolute Gasteiger partial charge is 0.477 e. The highest BCUT2D eigenvalue weighted by Gasteiger charge is 2.16. The number of carboxylic acid groups (broad SMARTS) is 1. The second-order valence-corrected chi connectivity index (χ2v) is 6.49. The second-order valence-electron chi connectivity index (χ2n) is 5.49. The first-order valence-corrected chi connectivity index (χ1v) is 8.50. The summed E-state index contributed by atoms with van der Waals surface area (Å²) < 4.78 is 0. The van der Waals surface area contributed by atoms with Crippen molar-refractivity contribution in [2.75, 3.05) is 18.5 Å². The van der Waals surface area contributed by atoms with Gasteiger partial charge in [0, 0.05) is 31.9 Å². The van der Waals surface area contributed by atoms with Crippen molar-refractivity contribution in [2.45, 2.75) is 13.3 Å². The number of aromatic nitrogens is 4. The van der Waals surface area contributed by atoms with E-state index in [2.05, 4.69) is 19.9 Å². The summed E-state index contributed by atoms with van der Waals surface area (Å²) in [6, 6.07) is 5.85. The molecule has 0 amide bonds. The van der Waals surface area contributed by atoms with E-state index in [9.17, 15) is 4.79 Å². The van der Waals surface area contributed by atoms with Crippen LogP contribution in [-0.2, 0) is 6.42 Å². The van der Waals surface area contributed by atoms with E-state index in [1.165, 1.54) is 0 Å². The number of nitrogens with zero attached hydrogens (tertiary/aromatic N) is 5. The molecular weight excluding hydrogens is 338 g/mol. The Bertz CT molecular complexity index is 882. The Hall–Kier alpha value is -2.87. The molecule has 0 aliphatic carbocycles. The molecule has 0 unspecified atom stereocenters. The highest BCUT2D eigenvalue weighted by molar-refractivity contribution is 7.17. The number of aromatic carboxylic acids is 1. The van der Waals surface area contributed by atoms with Crippen LogP contribution in [0.3, 0.4) is 0 Å². The third kappa shape index (κ3) is 3.97. The van der Waals surface area contributed by atoms with Crippen LogP contribution in [0.4, 0.5) is 5.82 Å². The van der Waals surface area contributed by atoms with Crippen molar-refractivity contribution in [1.29, 1.82) is 0 Å². The van der Waals surface area contributed by atoms with Crippen LogP contribution < -0.4 is 4.90 Å². The molecule has 0 atom stereocenters. The molecule has 3 aromatic heterocycles. The molecule has 0 spiro atoms. The fourth-order valence-corrected chi connectivity index (χ4v) is 3.15. The number of hydrogen-bond donors (Lipinski definition) is 1. The molecule has 0 aliphatic rings. The molecule has 0 saturated heterocycles. The van der Waals surface area contributed by atoms with Gasteiger partial charge in [-0.25, -0.2) is 14.8 Å². The van der Waals surface area contributed by atoms with E-state index < -0.39 is 5.97 Å². The first-order valence-electron chi connectivity index (χ1n) is 7.69. The average molecular weight is 355 g/mol. The molecule has 7 nitrogen and oxygen atoms in total. The van der Waals surface area contributed by atoms with Gasteiger partial charge in [0.05, 0.1) is 18.1 Å². The lowest BCUT2D eigenvalue weighted by Gasteiger charge is -2.17. The molecule has 3 heterocycles. The van der Waals surface area contributed by atoms with Gasteiger partial charge < -0.3 is 10.0 Å². The van der Waals surface area contributed by atoms with Crippen LogP contribution in [0.15, 0.2) is 36.8 Å². The minimum atomic E-state index is -0.974. The van der Waals surface area contributed by atoms with Crippen LogP contribution in [-0.4, -0.2) is 44.6 Å². The van der Waals surface area contributed by atoms with Crippen LogP contribution in [0.1, 0.15) is 21.1 Å². The number of rotatable bonds is 6. The minimum Gasteiger partial charge on any atom is -0.477 e. The van der Waals surface area contributed by atoms with Crippen LogP contribution in [0.5, 0.6) is 0 Å². The second kappa shape index (κ2) is 7.35. The van der Waals surface area contributed by atoms with Crippen LogP contribution in [0, 0.1) is 6.92 Å². The van der Waals surface area contributed by atoms with Crippen molar-refractivity contribution < 1.29 is 9.90 Å². The first-order chi connectivity index (χ1) is 12.0. The number of thiazole rings is 1. The van der Waals surface area contributed by atoms with Gasteiger partial charge in [0.25, 0.3) is 0 Å². The lowest BCUT2D eigenvalue weighted by Crippen LogP contribution is -2.22. The molecule has 0 saturated carbocycles. The number of anilines is 1. The minimum absolute atomic E-state index is 0.228. The number of aryl methyl sites for hydroxylation is 1. The van der Waals surface area contributed by atoms with Gasteiger partial charge in [-0.1, -0.05) is 6.07 Å². The molecular formula is C17H17N5O2S. The van der Waals surface area contributed by atoms with Crippen molar-refractivity contribution in [3.8, 4) is 10.7 Å². The zero-order valence-electron chi connectivity index (χ0n) is 13.9. The van der Waals surface area contributed by atoms with Gasteiger partial charge in [-0.05, 0) is 19.1 Å². The van der Waals surface area contributed by atoms with E-state index in [0.29, 0.717) is 22.2 Å². The van der Waals surface area contributed by atoms with E-state index >= 15 is 0 Å². The lowest BCUT2D eigenvalue weighted by molar-refractivity contribution is 0.0701. The first kappa shape index (κ1) is 17.0. The summed E-state index contributed by atoms with van der Waals surface area (Å²) in [6.07, 6.45) is 5.85. The van der Waals surface area contributed by atoms with Crippen molar-refractivity contribution in [1.82, 2.24) is 19.9 Å². The maximum Gasteiger partial charge on any atom is 0.347 e. The third-order valence-corrected chi connectivity index (χ3v) is 4.82. The van der Waals surface area contributed by atoms with Gasteiger partial charge >= 0.3 is 5.97 Å². The number of pyridine rings is 1. The monoisotopic (exact) mass is 355 g/mol. The molecule has 0 aromatic carbocycles. The zero-order valence-corrected chi connectivity index (χ0v) is 14.7. The van der Waals surface area contributed by atoms with Crippen molar-refractivity contribution in [2.24, 2.45) is 0 Å². The molecule has 1 N–H and O–H groups in total. The number of carboxylic acids is 1. The highest BCUT2D eigenvalue weighted by atomic mass is 32.1. The Balaban J connectivity index is 1.77. The van der Waals surface area contributed by atoms with Crippen molar-refractivity contribution in [3.63, 3.8) is 0 Å². The fraction of sp³-hybridized carbons (Fsp3) is 0.235. The molecule has 0 fully saturated rings. The Morgan fingerprint density at radius 2 is 2.12 bits per heavy atom. The predicted octanol–water partition coefficient (Wildman–Crippen LogP) is 2.68. The number of likely N-dealkylation sites (N-methyl/N-ethyl adjacent to an activating group) is 1. The third-order valence-electron chi connectivity index (χ3n) is 3.65. The molecule has 0 radical (unpaired) electrons. The Labute approximate surface area is 149 Å². The maximum atomic E-state index is 11.2. The van der Waals surface area contributed by atoms with E-state index in [1.54, 1.807) is 25.5 Å². The summed E-state index contributed by atoms with van der Waals surface area (Å²) >= 11 is 1.11. The summed E-state index contributed by atoms with van der Waals surface area (Å²) in [5.41, 5.74) is 2.08. The maximum absolute atomic E-state index is 11.2. The van der Waals surface area contributed by atoms with Gasteiger partial charge in [-0.3, -0.25) is 9.97 Å². The molecule has 25 heavy (non-hydrogen) atoms. The predicted molar refractivity (Wildman–Crippen MR) is 96.0 cm³/mol. The van der Waals surface area contributed by atoms with Crippen LogP contribution >= 0.6 is 11.3 Å². The molecule has 128 valence electrons. The Kier molecular flexibility index (Phi) is 4.99. The summed E-state index contributed by atoms with van der Waals surface area (Å²) in [6.45, 7) is 2.42. The van der Waals surface area contributed by atoms with Crippen molar-refractivity contribution >= 4 is 23.1 Å². The standard InChI is InChI=1S/C17H17N5O2S/c1-11-15(17(23)24)25-16(20-11)13-9-18-10-14(21-13)22(2)8-6-12-5-3-4-7-19-12/h3-5,7,9-10H,6,8H2,1-2H3,(H,23,24).